The average Bonchev–Trinajstić information content (AvgIpc) is 2.02. The summed E-state index contributed by atoms with van der Waals surface area (Å²) < 4.78 is 24.8. The number of rotatable bonds is 2. The topological polar surface area (TPSA) is 38.9 Å². The van der Waals surface area contributed by atoms with E-state index in [1.165, 1.54) is 6.07 Å². The smallest absolute Gasteiger partial charge is 0.268 e. The van der Waals surface area contributed by atoms with Gasteiger partial charge in [-0.2, -0.15) is 0 Å². The summed E-state index contributed by atoms with van der Waals surface area (Å²) >= 11 is 6.11. The van der Waals surface area contributed by atoms with Crippen LogP contribution in [0.15, 0.2) is 10.7 Å². The Hall–Kier alpha value is -0.230. The molecule has 0 amide bonds. The Labute approximate surface area is 90.8 Å². The number of nitrogens with two attached hydrogens (primary N) is 1. The fourth-order valence-corrected chi connectivity index (χ4v) is 1.80. The van der Waals surface area contributed by atoms with Gasteiger partial charge in [0.1, 0.15) is 4.60 Å². The zero-order chi connectivity index (χ0) is 10.0. The highest BCUT2D eigenvalue weighted by atomic mass is 79.9. The minimum atomic E-state index is -2.61. The standard InChI is InChI=1S/C7H6Br2F2N2/c8-2-3-1-4(12)5(7(10)11)6(9)13-3/h1,7H,2H2,(H2,12,13). The molecule has 0 aliphatic heterocycles. The summed E-state index contributed by atoms with van der Waals surface area (Å²) in [6.45, 7) is 0. The van der Waals surface area contributed by atoms with Gasteiger partial charge in [-0.3, -0.25) is 0 Å². The molecule has 0 aromatic carbocycles. The molecule has 0 aliphatic rings. The van der Waals surface area contributed by atoms with E-state index in [-0.39, 0.29) is 15.9 Å². The Morgan fingerprint density at radius 1 is 1.54 bits per heavy atom. The van der Waals surface area contributed by atoms with Crippen LogP contribution in [0.2, 0.25) is 0 Å². The molecule has 1 aromatic rings. The number of nitrogens with zero attached hydrogens (tertiary/aromatic N) is 1. The van der Waals surface area contributed by atoms with Gasteiger partial charge in [-0.15, -0.1) is 0 Å². The first-order valence-electron chi connectivity index (χ1n) is 3.35. The van der Waals surface area contributed by atoms with E-state index in [9.17, 15) is 8.78 Å². The van der Waals surface area contributed by atoms with Crippen molar-refractivity contribution in [1.82, 2.24) is 4.98 Å². The van der Waals surface area contributed by atoms with Crippen molar-refractivity contribution >= 4 is 37.5 Å². The van der Waals surface area contributed by atoms with Gasteiger partial charge >= 0.3 is 0 Å². The molecule has 2 N–H and O–H groups in total. The number of alkyl halides is 3. The first-order chi connectivity index (χ1) is 6.06. The Balaban J connectivity index is 3.23. The molecule has 1 heterocycles. The predicted octanol–water partition coefficient (Wildman–Crippen LogP) is 3.26. The highest BCUT2D eigenvalue weighted by Crippen LogP contribution is 2.31. The van der Waals surface area contributed by atoms with Crippen molar-refractivity contribution in [3.05, 3.63) is 21.9 Å². The minimum absolute atomic E-state index is 0.0614. The van der Waals surface area contributed by atoms with Crippen molar-refractivity contribution in [2.24, 2.45) is 0 Å². The lowest BCUT2D eigenvalue weighted by Crippen LogP contribution is -2.00. The molecule has 13 heavy (non-hydrogen) atoms. The van der Waals surface area contributed by atoms with Crippen LogP contribution in [-0.4, -0.2) is 4.98 Å². The van der Waals surface area contributed by atoms with E-state index in [4.69, 9.17) is 5.73 Å². The number of hydrogen-bond acceptors (Lipinski definition) is 2. The minimum Gasteiger partial charge on any atom is -0.398 e. The van der Waals surface area contributed by atoms with Crippen LogP contribution in [-0.2, 0) is 5.33 Å². The molecule has 0 fully saturated rings. The van der Waals surface area contributed by atoms with Gasteiger partial charge in [0, 0.05) is 11.0 Å². The normalized spacial score (nSPS) is 10.8. The van der Waals surface area contributed by atoms with Crippen molar-refractivity contribution in [2.45, 2.75) is 11.8 Å². The fourth-order valence-electron chi connectivity index (χ4n) is 0.879. The lowest BCUT2D eigenvalue weighted by Gasteiger charge is -2.07. The molecule has 0 saturated heterocycles. The lowest BCUT2D eigenvalue weighted by atomic mass is 10.2. The molecule has 0 unspecified atom stereocenters. The van der Waals surface area contributed by atoms with E-state index in [0.717, 1.165) is 0 Å². The van der Waals surface area contributed by atoms with Crippen molar-refractivity contribution in [3.8, 4) is 0 Å². The molecule has 0 saturated carbocycles. The number of anilines is 1. The largest absolute Gasteiger partial charge is 0.398 e. The van der Waals surface area contributed by atoms with Gasteiger partial charge < -0.3 is 5.73 Å². The molecule has 0 spiro atoms. The van der Waals surface area contributed by atoms with Gasteiger partial charge in [0.25, 0.3) is 6.43 Å². The Morgan fingerprint density at radius 2 is 2.15 bits per heavy atom. The Bertz CT molecular complexity index is 294. The summed E-state index contributed by atoms with van der Waals surface area (Å²) in [4.78, 5) is 3.88. The van der Waals surface area contributed by atoms with E-state index in [1.807, 2.05) is 0 Å². The Kier molecular flexibility index (Phi) is 3.61. The first-order valence-corrected chi connectivity index (χ1v) is 5.26. The fraction of sp³-hybridized carbons (Fsp3) is 0.286. The molecule has 0 bridgehead atoms. The lowest BCUT2D eigenvalue weighted by molar-refractivity contribution is 0.151. The van der Waals surface area contributed by atoms with Crippen LogP contribution < -0.4 is 5.73 Å². The highest BCUT2D eigenvalue weighted by molar-refractivity contribution is 9.10. The van der Waals surface area contributed by atoms with E-state index in [1.54, 1.807) is 0 Å². The van der Waals surface area contributed by atoms with Crippen LogP contribution >= 0.6 is 31.9 Å². The maximum Gasteiger partial charge on any atom is 0.268 e. The SMILES string of the molecule is Nc1cc(CBr)nc(Br)c1C(F)F. The molecular formula is C7H6Br2F2N2. The third-order valence-corrected chi connectivity index (χ3v) is 2.63. The molecule has 1 rings (SSSR count). The maximum absolute atomic E-state index is 12.4. The molecule has 72 valence electrons. The van der Waals surface area contributed by atoms with E-state index in [0.29, 0.717) is 11.0 Å². The number of nitrogen functional groups attached to an aromatic ring is 1. The van der Waals surface area contributed by atoms with E-state index < -0.39 is 6.43 Å². The van der Waals surface area contributed by atoms with Gasteiger partial charge in [-0.05, 0) is 22.0 Å². The zero-order valence-electron chi connectivity index (χ0n) is 6.40. The van der Waals surface area contributed by atoms with E-state index in [2.05, 4.69) is 36.8 Å². The van der Waals surface area contributed by atoms with Crippen LogP contribution in [0, 0.1) is 0 Å². The van der Waals surface area contributed by atoms with Crippen LogP contribution in [0.3, 0.4) is 0 Å². The van der Waals surface area contributed by atoms with E-state index >= 15 is 0 Å². The van der Waals surface area contributed by atoms with Crippen LogP contribution in [0.25, 0.3) is 0 Å². The Morgan fingerprint density at radius 3 is 2.54 bits per heavy atom. The molecular weight excluding hydrogens is 310 g/mol. The van der Waals surface area contributed by atoms with Gasteiger partial charge in [0.05, 0.1) is 11.3 Å². The van der Waals surface area contributed by atoms with Gasteiger partial charge in [0.15, 0.2) is 0 Å². The molecule has 0 atom stereocenters. The van der Waals surface area contributed by atoms with Gasteiger partial charge in [-0.25, -0.2) is 13.8 Å². The van der Waals surface area contributed by atoms with Crippen LogP contribution in [0.5, 0.6) is 0 Å². The maximum atomic E-state index is 12.4. The molecule has 2 nitrogen and oxygen atoms in total. The summed E-state index contributed by atoms with van der Waals surface area (Å²) in [7, 11) is 0. The number of pyridine rings is 1. The number of hydrogen-bond donors (Lipinski definition) is 1. The molecule has 0 aliphatic carbocycles. The van der Waals surface area contributed by atoms with Crippen LogP contribution in [0.4, 0.5) is 14.5 Å². The summed E-state index contributed by atoms with van der Waals surface area (Å²) in [6, 6.07) is 1.43. The summed E-state index contributed by atoms with van der Waals surface area (Å²) in [5.74, 6) is 0. The molecule has 1 aromatic heterocycles. The summed E-state index contributed by atoms with van der Waals surface area (Å²) in [5.41, 5.74) is 5.86. The van der Waals surface area contributed by atoms with Gasteiger partial charge in [-0.1, -0.05) is 15.9 Å². The van der Waals surface area contributed by atoms with Crippen LogP contribution in [0.1, 0.15) is 17.7 Å². The molecule has 0 radical (unpaired) electrons. The summed E-state index contributed by atoms with van der Waals surface area (Å²) in [6.07, 6.45) is -2.61. The predicted molar refractivity (Wildman–Crippen MR) is 53.9 cm³/mol. The first kappa shape index (κ1) is 10.8. The second-order valence-electron chi connectivity index (χ2n) is 2.34. The number of halogens is 4. The van der Waals surface area contributed by atoms with Gasteiger partial charge in [0.2, 0.25) is 0 Å². The summed E-state index contributed by atoms with van der Waals surface area (Å²) in [5, 5.41) is 0.485. The zero-order valence-corrected chi connectivity index (χ0v) is 9.57. The monoisotopic (exact) mass is 314 g/mol. The number of aromatic nitrogens is 1. The second-order valence-corrected chi connectivity index (χ2v) is 3.65. The second kappa shape index (κ2) is 4.32. The average molecular weight is 316 g/mol. The quantitative estimate of drug-likeness (QED) is 0.672. The highest BCUT2D eigenvalue weighted by Gasteiger charge is 2.17. The van der Waals surface area contributed by atoms with Crippen molar-refractivity contribution < 1.29 is 8.78 Å². The third kappa shape index (κ3) is 2.37. The van der Waals surface area contributed by atoms with Crippen molar-refractivity contribution in [2.75, 3.05) is 5.73 Å². The molecule has 6 heteroatoms. The van der Waals surface area contributed by atoms with Crippen molar-refractivity contribution in [3.63, 3.8) is 0 Å². The van der Waals surface area contributed by atoms with Crippen molar-refractivity contribution in [1.29, 1.82) is 0 Å². The third-order valence-electron chi connectivity index (χ3n) is 1.45.